The van der Waals surface area contributed by atoms with Crippen LogP contribution in [0.25, 0.3) is 5.65 Å². The summed E-state index contributed by atoms with van der Waals surface area (Å²) in [6.07, 6.45) is 4.73. The smallest absolute Gasteiger partial charge is 0.301 e. The number of hydrogen-bond acceptors (Lipinski definition) is 3. The van der Waals surface area contributed by atoms with Gasteiger partial charge in [0, 0.05) is 18.6 Å². The maximum Gasteiger partial charge on any atom is 0.330 e. The van der Waals surface area contributed by atoms with Gasteiger partial charge in [-0.15, -0.1) is 0 Å². The van der Waals surface area contributed by atoms with Crippen LogP contribution in [0.2, 0.25) is 5.02 Å². The number of nitrogens with zero attached hydrogens (tertiary/aromatic N) is 3. The van der Waals surface area contributed by atoms with Gasteiger partial charge in [-0.1, -0.05) is 11.6 Å². The molecule has 0 unspecified atom stereocenters. The number of nitro groups is 1. The van der Waals surface area contributed by atoms with Gasteiger partial charge >= 0.3 is 5.69 Å². The minimum Gasteiger partial charge on any atom is -0.301 e. The van der Waals surface area contributed by atoms with Crippen molar-refractivity contribution in [3.05, 3.63) is 39.8 Å². The summed E-state index contributed by atoms with van der Waals surface area (Å²) in [6.45, 7) is 0. The highest BCUT2D eigenvalue weighted by Crippen LogP contribution is 2.27. The predicted octanol–water partition coefficient (Wildman–Crippen LogP) is 1.90. The lowest BCUT2D eigenvalue weighted by Gasteiger charge is -1.96. The number of aromatic nitrogens is 2. The highest BCUT2D eigenvalue weighted by molar-refractivity contribution is 6.33. The van der Waals surface area contributed by atoms with Crippen LogP contribution < -0.4 is 0 Å². The van der Waals surface area contributed by atoms with Crippen molar-refractivity contribution >= 4 is 22.9 Å². The van der Waals surface area contributed by atoms with Crippen LogP contribution in [-0.2, 0) is 0 Å². The Hall–Kier alpha value is -1.62. The SMILES string of the molecule is O=[N+]([O-])c1c(Cl)ccn2ccnc12. The van der Waals surface area contributed by atoms with E-state index in [-0.39, 0.29) is 16.4 Å². The average Bonchev–Trinajstić information content (AvgIpc) is 2.50. The van der Waals surface area contributed by atoms with E-state index in [1.54, 1.807) is 16.8 Å². The van der Waals surface area contributed by atoms with Gasteiger partial charge in [-0.05, 0) is 6.07 Å². The molecule has 0 atom stereocenters. The predicted molar refractivity (Wildman–Crippen MR) is 46.9 cm³/mol. The molecule has 0 saturated carbocycles. The van der Waals surface area contributed by atoms with E-state index in [1.165, 1.54) is 12.3 Å². The summed E-state index contributed by atoms with van der Waals surface area (Å²) in [5, 5.41) is 10.7. The maximum absolute atomic E-state index is 10.6. The molecule has 5 nitrogen and oxygen atoms in total. The van der Waals surface area contributed by atoms with Crippen LogP contribution in [0.5, 0.6) is 0 Å². The van der Waals surface area contributed by atoms with Gasteiger partial charge in [0.2, 0.25) is 5.65 Å². The maximum atomic E-state index is 10.6. The molecule has 2 aromatic rings. The number of rotatable bonds is 1. The van der Waals surface area contributed by atoms with Gasteiger partial charge in [0.05, 0.1) is 4.92 Å². The number of halogens is 1. The fourth-order valence-corrected chi connectivity index (χ4v) is 1.33. The molecule has 2 rings (SSSR count). The molecule has 2 heterocycles. The van der Waals surface area contributed by atoms with E-state index in [9.17, 15) is 10.1 Å². The third kappa shape index (κ3) is 1.13. The van der Waals surface area contributed by atoms with E-state index in [2.05, 4.69) is 4.98 Å². The monoisotopic (exact) mass is 197 g/mol. The first-order valence-corrected chi connectivity index (χ1v) is 3.83. The molecule has 0 fully saturated rings. The van der Waals surface area contributed by atoms with Gasteiger partial charge in [-0.25, -0.2) is 4.98 Å². The van der Waals surface area contributed by atoms with Crippen molar-refractivity contribution in [3.63, 3.8) is 0 Å². The molecule has 0 aliphatic carbocycles. The van der Waals surface area contributed by atoms with Crippen molar-refractivity contribution in [2.45, 2.75) is 0 Å². The van der Waals surface area contributed by atoms with Crippen molar-refractivity contribution < 1.29 is 4.92 Å². The van der Waals surface area contributed by atoms with Crippen molar-refractivity contribution in [1.82, 2.24) is 9.38 Å². The number of pyridine rings is 1. The lowest BCUT2D eigenvalue weighted by atomic mass is 10.4. The molecule has 6 heteroatoms. The van der Waals surface area contributed by atoms with Crippen LogP contribution in [0, 0.1) is 10.1 Å². The molecule has 0 amide bonds. The van der Waals surface area contributed by atoms with Gasteiger partial charge < -0.3 is 4.40 Å². The van der Waals surface area contributed by atoms with E-state index in [0.717, 1.165) is 0 Å². The first-order valence-electron chi connectivity index (χ1n) is 3.45. The second-order valence-electron chi connectivity index (χ2n) is 2.43. The van der Waals surface area contributed by atoms with Gasteiger partial charge in [0.25, 0.3) is 0 Å². The molecule has 13 heavy (non-hydrogen) atoms. The van der Waals surface area contributed by atoms with Gasteiger partial charge in [0.15, 0.2) is 0 Å². The summed E-state index contributed by atoms with van der Waals surface area (Å²) >= 11 is 5.66. The summed E-state index contributed by atoms with van der Waals surface area (Å²) in [5.74, 6) is 0. The first-order chi connectivity index (χ1) is 6.20. The molecule has 0 aliphatic rings. The fraction of sp³-hybridized carbons (Fsp3) is 0. The Morgan fingerprint density at radius 2 is 2.31 bits per heavy atom. The summed E-state index contributed by atoms with van der Waals surface area (Å²) in [4.78, 5) is 13.9. The molecular weight excluding hydrogens is 194 g/mol. The Morgan fingerprint density at radius 3 is 3.00 bits per heavy atom. The van der Waals surface area contributed by atoms with E-state index < -0.39 is 4.92 Å². The highest BCUT2D eigenvalue weighted by Gasteiger charge is 2.18. The van der Waals surface area contributed by atoms with Gasteiger partial charge in [0.1, 0.15) is 5.02 Å². The van der Waals surface area contributed by atoms with Crippen LogP contribution in [0.4, 0.5) is 5.69 Å². The topological polar surface area (TPSA) is 60.4 Å². The van der Waals surface area contributed by atoms with Crippen molar-refractivity contribution in [3.8, 4) is 0 Å². The highest BCUT2D eigenvalue weighted by atomic mass is 35.5. The van der Waals surface area contributed by atoms with Gasteiger partial charge in [-0.3, -0.25) is 10.1 Å². The number of fused-ring (bicyclic) bond motifs is 1. The largest absolute Gasteiger partial charge is 0.330 e. The molecule has 0 radical (unpaired) electrons. The minimum atomic E-state index is -0.537. The van der Waals surface area contributed by atoms with Crippen LogP contribution in [-0.4, -0.2) is 14.3 Å². The molecule has 2 aromatic heterocycles. The Balaban J connectivity index is 2.88. The van der Waals surface area contributed by atoms with E-state index in [1.807, 2.05) is 0 Å². The summed E-state index contributed by atoms with van der Waals surface area (Å²) in [5.41, 5.74) is 0.103. The minimum absolute atomic E-state index is 0.101. The summed E-state index contributed by atoms with van der Waals surface area (Å²) in [6, 6.07) is 1.47. The lowest BCUT2D eigenvalue weighted by Crippen LogP contribution is -1.94. The van der Waals surface area contributed by atoms with E-state index in [0.29, 0.717) is 0 Å². The number of imidazole rings is 1. The molecule has 0 N–H and O–H groups in total. The Morgan fingerprint density at radius 1 is 1.54 bits per heavy atom. The Labute approximate surface area is 77.7 Å². The standard InChI is InChI=1S/C7H4ClN3O2/c8-5-1-3-10-4-2-9-7(10)6(5)11(12)13/h1-4H. The average molecular weight is 198 g/mol. The molecule has 0 saturated heterocycles. The second kappa shape index (κ2) is 2.70. The van der Waals surface area contributed by atoms with Gasteiger partial charge in [-0.2, -0.15) is 0 Å². The second-order valence-corrected chi connectivity index (χ2v) is 2.83. The van der Waals surface area contributed by atoms with Crippen LogP contribution in [0.15, 0.2) is 24.7 Å². The normalized spacial score (nSPS) is 10.5. The zero-order valence-electron chi connectivity index (χ0n) is 6.35. The molecule has 0 spiro atoms. The molecular formula is C7H4ClN3O2. The molecule has 0 aliphatic heterocycles. The van der Waals surface area contributed by atoms with E-state index in [4.69, 9.17) is 11.6 Å². The van der Waals surface area contributed by atoms with Crippen molar-refractivity contribution in [2.24, 2.45) is 0 Å². The third-order valence-electron chi connectivity index (χ3n) is 1.67. The van der Waals surface area contributed by atoms with Crippen molar-refractivity contribution in [1.29, 1.82) is 0 Å². The van der Waals surface area contributed by atoms with Crippen LogP contribution in [0.3, 0.4) is 0 Å². The third-order valence-corrected chi connectivity index (χ3v) is 1.98. The lowest BCUT2D eigenvalue weighted by molar-refractivity contribution is -0.383. The molecule has 66 valence electrons. The van der Waals surface area contributed by atoms with Crippen LogP contribution >= 0.6 is 11.6 Å². The molecule has 0 aromatic carbocycles. The summed E-state index contributed by atoms with van der Waals surface area (Å²) < 4.78 is 1.55. The van der Waals surface area contributed by atoms with Crippen LogP contribution in [0.1, 0.15) is 0 Å². The Bertz CT molecular complexity index is 480. The zero-order chi connectivity index (χ0) is 9.42. The Kier molecular flexibility index (Phi) is 1.66. The summed E-state index contributed by atoms with van der Waals surface area (Å²) in [7, 11) is 0. The molecule has 0 bridgehead atoms. The van der Waals surface area contributed by atoms with Crippen molar-refractivity contribution in [2.75, 3.05) is 0 Å². The quantitative estimate of drug-likeness (QED) is 0.518. The van der Waals surface area contributed by atoms with E-state index >= 15 is 0 Å². The number of hydrogen-bond donors (Lipinski definition) is 0. The first kappa shape index (κ1) is 8.00. The zero-order valence-corrected chi connectivity index (χ0v) is 7.10. The fourth-order valence-electron chi connectivity index (χ4n) is 1.12.